The van der Waals surface area contributed by atoms with Crippen molar-refractivity contribution in [2.75, 3.05) is 34.0 Å². The third-order valence-electron chi connectivity index (χ3n) is 3.20. The molecule has 1 rings (SSSR count). The van der Waals surface area contributed by atoms with E-state index in [2.05, 4.69) is 10.3 Å². The molecule has 1 atom stereocenters. The predicted molar refractivity (Wildman–Crippen MR) is 108 cm³/mol. The number of hydrogen-bond donors (Lipinski definition) is 2. The molecule has 0 radical (unpaired) electrons. The smallest absolute Gasteiger partial charge is 0.189 e. The molecule has 0 aromatic heterocycles. The van der Waals surface area contributed by atoms with Crippen LogP contribution in [0.1, 0.15) is 24.5 Å². The van der Waals surface area contributed by atoms with Crippen molar-refractivity contribution in [3.63, 3.8) is 0 Å². The van der Waals surface area contributed by atoms with Crippen LogP contribution < -0.4 is 15.8 Å². The zero-order chi connectivity index (χ0) is 17.1. The quantitative estimate of drug-likeness (QED) is 0.247. The topological polar surface area (TPSA) is 78.1 Å². The number of nitrogens with one attached hydrogen (secondary N) is 1. The molecule has 0 heterocycles. The second kappa shape index (κ2) is 13.3. The highest BCUT2D eigenvalue weighted by atomic mass is 127. The van der Waals surface area contributed by atoms with Crippen LogP contribution in [0, 0.1) is 6.92 Å². The number of halogens is 1. The summed E-state index contributed by atoms with van der Waals surface area (Å²) in [4.78, 5) is 4.37. The van der Waals surface area contributed by atoms with Gasteiger partial charge in [-0.25, -0.2) is 4.99 Å². The van der Waals surface area contributed by atoms with Gasteiger partial charge in [0.1, 0.15) is 5.75 Å². The van der Waals surface area contributed by atoms with Crippen LogP contribution in [0.15, 0.2) is 23.2 Å². The Kier molecular flexibility index (Phi) is 12.7. The number of aryl methyl sites for hydroxylation is 1. The third kappa shape index (κ3) is 9.29. The van der Waals surface area contributed by atoms with Gasteiger partial charge in [-0.1, -0.05) is 12.1 Å². The van der Waals surface area contributed by atoms with Gasteiger partial charge in [-0.05, 0) is 25.5 Å². The number of nitrogens with two attached hydrogens (primary N) is 1. The normalized spacial score (nSPS) is 12.4. The Balaban J connectivity index is 0.00000529. The van der Waals surface area contributed by atoms with Gasteiger partial charge in [-0.3, -0.25) is 0 Å². The number of ether oxygens (including phenoxy) is 3. The first-order valence-electron chi connectivity index (χ1n) is 7.83. The fraction of sp³-hybridized carbons (Fsp3) is 0.588. The van der Waals surface area contributed by atoms with Crippen LogP contribution in [-0.2, 0) is 16.0 Å². The summed E-state index contributed by atoms with van der Waals surface area (Å²) in [5, 5.41) is 3.09. The molecule has 3 N–H and O–H groups in total. The fourth-order valence-electron chi connectivity index (χ4n) is 2.07. The van der Waals surface area contributed by atoms with Gasteiger partial charge in [0.2, 0.25) is 0 Å². The monoisotopic (exact) mass is 451 g/mol. The summed E-state index contributed by atoms with van der Waals surface area (Å²) >= 11 is 0. The Hall–Kier alpha value is -1.06. The van der Waals surface area contributed by atoms with E-state index in [-0.39, 0.29) is 30.0 Å². The van der Waals surface area contributed by atoms with Crippen molar-refractivity contribution in [3.8, 4) is 5.75 Å². The zero-order valence-electron chi connectivity index (χ0n) is 15.0. The minimum atomic E-state index is 0. The van der Waals surface area contributed by atoms with E-state index >= 15 is 0 Å². The molecule has 1 aromatic rings. The van der Waals surface area contributed by atoms with Crippen molar-refractivity contribution in [1.82, 2.24) is 5.32 Å². The van der Waals surface area contributed by atoms with Crippen LogP contribution in [0.5, 0.6) is 5.75 Å². The minimum absolute atomic E-state index is 0. The molecule has 0 spiro atoms. The number of rotatable bonds is 10. The number of benzene rings is 1. The van der Waals surface area contributed by atoms with Gasteiger partial charge < -0.3 is 25.3 Å². The van der Waals surface area contributed by atoms with Gasteiger partial charge in [0.05, 0.1) is 19.8 Å². The van der Waals surface area contributed by atoms with Crippen LogP contribution >= 0.6 is 24.0 Å². The zero-order valence-corrected chi connectivity index (χ0v) is 17.3. The second-order valence-electron chi connectivity index (χ2n) is 5.51. The Labute approximate surface area is 162 Å². The average molecular weight is 451 g/mol. The fourth-order valence-corrected chi connectivity index (χ4v) is 2.07. The molecule has 6 nitrogen and oxygen atoms in total. The van der Waals surface area contributed by atoms with E-state index in [1.54, 1.807) is 14.2 Å². The molecule has 0 amide bonds. The van der Waals surface area contributed by atoms with Gasteiger partial charge in [0.25, 0.3) is 0 Å². The maximum atomic E-state index is 5.90. The van der Waals surface area contributed by atoms with Crippen molar-refractivity contribution >= 4 is 29.9 Å². The molecule has 0 bridgehead atoms. The number of nitrogens with zero attached hydrogens (tertiary/aromatic N) is 1. The number of methoxy groups -OCH3 is 2. The SMILES string of the molecule is COCCCOc1cc(C)ccc1CN=C(N)NC(C)COC.I. The summed E-state index contributed by atoms with van der Waals surface area (Å²) in [6.45, 7) is 6.38. The lowest BCUT2D eigenvalue weighted by Crippen LogP contribution is -2.40. The van der Waals surface area contributed by atoms with Gasteiger partial charge in [0.15, 0.2) is 5.96 Å². The lowest BCUT2D eigenvalue weighted by molar-refractivity contribution is 0.172. The lowest BCUT2D eigenvalue weighted by Gasteiger charge is -2.14. The van der Waals surface area contributed by atoms with Crippen molar-refractivity contribution in [1.29, 1.82) is 0 Å². The van der Waals surface area contributed by atoms with Gasteiger partial charge >= 0.3 is 0 Å². The predicted octanol–water partition coefficient (Wildman–Crippen LogP) is 2.47. The Morgan fingerprint density at radius 3 is 2.67 bits per heavy atom. The molecule has 24 heavy (non-hydrogen) atoms. The maximum Gasteiger partial charge on any atom is 0.189 e. The Bertz CT molecular complexity index is 498. The summed E-state index contributed by atoms with van der Waals surface area (Å²) < 4.78 is 15.9. The van der Waals surface area contributed by atoms with E-state index in [0.29, 0.717) is 32.3 Å². The van der Waals surface area contributed by atoms with Crippen molar-refractivity contribution in [2.45, 2.75) is 32.9 Å². The molecule has 138 valence electrons. The van der Waals surface area contributed by atoms with Crippen LogP contribution in [0.2, 0.25) is 0 Å². The number of aliphatic imine (C=N–C) groups is 1. The molecule has 1 unspecified atom stereocenters. The van der Waals surface area contributed by atoms with Crippen molar-refractivity contribution in [3.05, 3.63) is 29.3 Å². The maximum absolute atomic E-state index is 5.90. The van der Waals surface area contributed by atoms with E-state index in [1.807, 2.05) is 32.0 Å². The molecule has 1 aromatic carbocycles. The van der Waals surface area contributed by atoms with Crippen LogP contribution in [0.3, 0.4) is 0 Å². The average Bonchev–Trinajstić information content (AvgIpc) is 2.51. The van der Waals surface area contributed by atoms with E-state index in [1.165, 1.54) is 0 Å². The molecule has 0 aliphatic rings. The molecular weight excluding hydrogens is 421 g/mol. The second-order valence-corrected chi connectivity index (χ2v) is 5.51. The summed E-state index contributed by atoms with van der Waals surface area (Å²) in [6, 6.07) is 6.21. The Morgan fingerprint density at radius 1 is 1.25 bits per heavy atom. The van der Waals surface area contributed by atoms with Gasteiger partial charge in [0, 0.05) is 38.9 Å². The molecule has 0 saturated carbocycles. The summed E-state index contributed by atoms with van der Waals surface area (Å²) in [5.41, 5.74) is 8.06. The van der Waals surface area contributed by atoms with Crippen LogP contribution in [0.4, 0.5) is 0 Å². The highest BCUT2D eigenvalue weighted by molar-refractivity contribution is 14.0. The Morgan fingerprint density at radius 2 is 2.00 bits per heavy atom. The first kappa shape index (κ1) is 22.9. The standard InChI is InChI=1S/C17H29N3O3.HI/c1-13-6-7-15(16(10-13)23-9-5-8-21-3)11-19-17(18)20-14(2)12-22-4;/h6-7,10,14H,5,8-9,11-12H2,1-4H3,(H3,18,19,20);1H. The molecule has 7 heteroatoms. The first-order valence-corrected chi connectivity index (χ1v) is 7.83. The summed E-state index contributed by atoms with van der Waals surface area (Å²) in [5.74, 6) is 1.25. The van der Waals surface area contributed by atoms with Crippen LogP contribution in [-0.4, -0.2) is 46.0 Å². The molecular formula is C17H30IN3O3. The summed E-state index contributed by atoms with van der Waals surface area (Å²) in [6.07, 6.45) is 0.853. The van der Waals surface area contributed by atoms with E-state index in [9.17, 15) is 0 Å². The molecule has 0 fully saturated rings. The third-order valence-corrected chi connectivity index (χ3v) is 3.20. The van der Waals surface area contributed by atoms with E-state index in [0.717, 1.165) is 23.3 Å². The largest absolute Gasteiger partial charge is 0.493 e. The molecule has 0 aliphatic heterocycles. The highest BCUT2D eigenvalue weighted by Gasteiger charge is 2.06. The van der Waals surface area contributed by atoms with Crippen molar-refractivity contribution in [2.24, 2.45) is 10.7 Å². The first-order chi connectivity index (χ1) is 11.1. The number of hydrogen-bond acceptors (Lipinski definition) is 4. The van der Waals surface area contributed by atoms with Crippen molar-refractivity contribution < 1.29 is 14.2 Å². The molecule has 0 saturated heterocycles. The van der Waals surface area contributed by atoms with Gasteiger partial charge in [-0.15, -0.1) is 24.0 Å². The van der Waals surface area contributed by atoms with E-state index in [4.69, 9.17) is 19.9 Å². The minimum Gasteiger partial charge on any atom is -0.493 e. The molecule has 0 aliphatic carbocycles. The van der Waals surface area contributed by atoms with Gasteiger partial charge in [-0.2, -0.15) is 0 Å². The lowest BCUT2D eigenvalue weighted by atomic mass is 10.1. The number of guanidine groups is 1. The van der Waals surface area contributed by atoms with E-state index < -0.39 is 0 Å². The van der Waals surface area contributed by atoms with Crippen LogP contribution in [0.25, 0.3) is 0 Å². The highest BCUT2D eigenvalue weighted by Crippen LogP contribution is 2.21. The summed E-state index contributed by atoms with van der Waals surface area (Å²) in [7, 11) is 3.35.